The van der Waals surface area contributed by atoms with Gasteiger partial charge in [-0.05, 0) is 15.9 Å². The van der Waals surface area contributed by atoms with Crippen LogP contribution in [0.5, 0.6) is 0 Å². The number of halogens is 1. The second-order valence-corrected chi connectivity index (χ2v) is 3.95. The molecular weight excluding hydrogens is 214 g/mol. The highest BCUT2D eigenvalue weighted by Gasteiger charge is 2.03. The van der Waals surface area contributed by atoms with Crippen molar-refractivity contribution in [1.82, 2.24) is 4.98 Å². The summed E-state index contributed by atoms with van der Waals surface area (Å²) in [4.78, 5) is 4.94. The fourth-order valence-corrected chi connectivity index (χ4v) is 1.99. The van der Waals surface area contributed by atoms with Gasteiger partial charge in [0.25, 0.3) is 0 Å². The van der Waals surface area contributed by atoms with Gasteiger partial charge in [-0.1, -0.05) is 12.7 Å². The van der Waals surface area contributed by atoms with Crippen molar-refractivity contribution in [3.05, 3.63) is 21.1 Å². The first-order valence-corrected chi connectivity index (χ1v) is 4.27. The van der Waals surface area contributed by atoms with Gasteiger partial charge in [0.05, 0.1) is 17.2 Å². The number of aromatic nitrogens is 1. The summed E-state index contributed by atoms with van der Waals surface area (Å²) >= 11 is 4.68. The van der Waals surface area contributed by atoms with Gasteiger partial charge in [-0.25, -0.2) is 4.98 Å². The molecule has 0 bridgehead atoms. The predicted molar refractivity (Wildman–Crippen MR) is 45.8 cm³/mol. The normalized spacial score (nSPS) is 9.80. The second-order valence-electron chi connectivity index (χ2n) is 1.64. The predicted octanol–water partition coefficient (Wildman–Crippen LogP) is 2.04. The Morgan fingerprint density at radius 1 is 1.80 bits per heavy atom. The van der Waals surface area contributed by atoms with Gasteiger partial charge in [0.15, 0.2) is 3.92 Å². The zero-order valence-corrected chi connectivity index (χ0v) is 7.57. The first kappa shape index (κ1) is 7.91. The fourth-order valence-electron chi connectivity index (χ4n) is 0.606. The van der Waals surface area contributed by atoms with Gasteiger partial charge in [-0.3, -0.25) is 0 Å². The summed E-state index contributed by atoms with van der Waals surface area (Å²) in [5.74, 6) is 0. The highest BCUT2D eigenvalue weighted by Crippen LogP contribution is 2.23. The van der Waals surface area contributed by atoms with E-state index >= 15 is 0 Å². The molecule has 54 valence electrons. The largest absolute Gasteiger partial charge is 0.390 e. The number of aliphatic hydroxyl groups excluding tert-OH is 1. The van der Waals surface area contributed by atoms with E-state index in [1.807, 2.05) is 0 Å². The molecule has 4 heteroatoms. The lowest BCUT2D eigenvalue weighted by molar-refractivity contribution is 0.277. The van der Waals surface area contributed by atoms with Gasteiger partial charge in [0.1, 0.15) is 0 Å². The highest BCUT2D eigenvalue weighted by molar-refractivity contribution is 9.11. The van der Waals surface area contributed by atoms with Crippen LogP contribution in [0.3, 0.4) is 0 Å². The van der Waals surface area contributed by atoms with E-state index < -0.39 is 0 Å². The first-order valence-electron chi connectivity index (χ1n) is 2.66. The molecular formula is C6H6BrNOS. The first-order chi connectivity index (χ1) is 4.77. The number of aliphatic hydroxyl groups is 1. The van der Waals surface area contributed by atoms with Crippen molar-refractivity contribution in [2.24, 2.45) is 0 Å². The lowest BCUT2D eigenvalue weighted by Gasteiger charge is -1.86. The van der Waals surface area contributed by atoms with Gasteiger partial charge >= 0.3 is 0 Å². The maximum Gasteiger partial charge on any atom is 0.160 e. The number of hydrogen-bond donors (Lipinski definition) is 1. The SMILES string of the molecule is C=Cc1sc(Br)nc1CO. The molecule has 0 saturated heterocycles. The lowest BCUT2D eigenvalue weighted by atomic mass is 10.4. The quantitative estimate of drug-likeness (QED) is 0.827. The van der Waals surface area contributed by atoms with Crippen LogP contribution >= 0.6 is 27.3 Å². The van der Waals surface area contributed by atoms with Crippen LogP contribution in [0, 0.1) is 0 Å². The van der Waals surface area contributed by atoms with E-state index in [0.717, 1.165) is 8.79 Å². The van der Waals surface area contributed by atoms with Crippen LogP contribution in [0.2, 0.25) is 0 Å². The van der Waals surface area contributed by atoms with Crippen molar-refractivity contribution in [2.45, 2.75) is 6.61 Å². The smallest absolute Gasteiger partial charge is 0.160 e. The van der Waals surface area contributed by atoms with Crippen LogP contribution < -0.4 is 0 Å². The number of hydrogen-bond acceptors (Lipinski definition) is 3. The van der Waals surface area contributed by atoms with Crippen LogP contribution in [0.25, 0.3) is 6.08 Å². The molecule has 2 nitrogen and oxygen atoms in total. The summed E-state index contributed by atoms with van der Waals surface area (Å²) in [6, 6.07) is 0. The van der Waals surface area contributed by atoms with E-state index in [0.29, 0.717) is 5.69 Å². The van der Waals surface area contributed by atoms with Crippen molar-refractivity contribution in [1.29, 1.82) is 0 Å². The molecule has 0 atom stereocenters. The molecule has 1 rings (SSSR count). The molecule has 1 aromatic heterocycles. The molecule has 0 fully saturated rings. The van der Waals surface area contributed by atoms with Crippen LogP contribution in [-0.4, -0.2) is 10.1 Å². The molecule has 1 heterocycles. The summed E-state index contributed by atoms with van der Waals surface area (Å²) in [5, 5.41) is 8.74. The molecule has 0 saturated carbocycles. The molecule has 0 unspecified atom stereocenters. The van der Waals surface area contributed by atoms with Gasteiger partial charge in [0.2, 0.25) is 0 Å². The standard InChI is InChI=1S/C6H6BrNOS/c1-2-5-4(3-9)8-6(7)10-5/h2,9H,1,3H2. The monoisotopic (exact) mass is 219 g/mol. The van der Waals surface area contributed by atoms with Crippen LogP contribution in [-0.2, 0) is 6.61 Å². The van der Waals surface area contributed by atoms with Gasteiger partial charge < -0.3 is 5.11 Å². The van der Waals surface area contributed by atoms with Crippen molar-refractivity contribution < 1.29 is 5.11 Å². The minimum Gasteiger partial charge on any atom is -0.390 e. The summed E-state index contributed by atoms with van der Waals surface area (Å²) in [5.41, 5.74) is 0.687. The van der Waals surface area contributed by atoms with E-state index in [-0.39, 0.29) is 6.61 Å². The third kappa shape index (κ3) is 1.45. The summed E-state index contributed by atoms with van der Waals surface area (Å²) in [6.45, 7) is 3.57. The highest BCUT2D eigenvalue weighted by atomic mass is 79.9. The summed E-state index contributed by atoms with van der Waals surface area (Å²) < 4.78 is 0.784. The zero-order valence-electron chi connectivity index (χ0n) is 5.17. The molecule has 0 aliphatic carbocycles. The summed E-state index contributed by atoms with van der Waals surface area (Å²) in [6.07, 6.45) is 1.69. The zero-order chi connectivity index (χ0) is 7.56. The van der Waals surface area contributed by atoms with E-state index in [4.69, 9.17) is 5.11 Å². The average molecular weight is 220 g/mol. The Balaban J connectivity index is 3.08. The molecule has 1 aromatic rings. The number of rotatable bonds is 2. The minimum atomic E-state index is -0.0244. The minimum absolute atomic E-state index is 0.0244. The Bertz CT molecular complexity index is 246. The van der Waals surface area contributed by atoms with E-state index in [1.165, 1.54) is 11.3 Å². The van der Waals surface area contributed by atoms with E-state index in [9.17, 15) is 0 Å². The third-order valence-electron chi connectivity index (χ3n) is 1.04. The topological polar surface area (TPSA) is 33.1 Å². The molecule has 10 heavy (non-hydrogen) atoms. The summed E-state index contributed by atoms with van der Waals surface area (Å²) in [7, 11) is 0. The molecule has 0 aliphatic rings. The molecule has 0 radical (unpaired) electrons. The average Bonchev–Trinajstić information content (AvgIpc) is 2.30. The van der Waals surface area contributed by atoms with Crippen LogP contribution in [0.1, 0.15) is 10.6 Å². The molecule has 0 aromatic carbocycles. The second kappa shape index (κ2) is 3.27. The Morgan fingerprint density at radius 3 is 2.90 bits per heavy atom. The maximum absolute atomic E-state index is 8.74. The third-order valence-corrected chi connectivity index (χ3v) is 2.58. The number of thiazole rings is 1. The van der Waals surface area contributed by atoms with E-state index in [1.54, 1.807) is 6.08 Å². The van der Waals surface area contributed by atoms with Gasteiger partial charge in [0, 0.05) is 0 Å². The molecule has 0 spiro atoms. The number of nitrogens with zero attached hydrogens (tertiary/aromatic N) is 1. The van der Waals surface area contributed by atoms with Crippen LogP contribution in [0.4, 0.5) is 0 Å². The maximum atomic E-state index is 8.74. The van der Waals surface area contributed by atoms with Gasteiger partial charge in [-0.15, -0.1) is 11.3 Å². The fraction of sp³-hybridized carbons (Fsp3) is 0.167. The Kier molecular flexibility index (Phi) is 2.59. The van der Waals surface area contributed by atoms with Crippen LogP contribution in [0.15, 0.2) is 10.5 Å². The van der Waals surface area contributed by atoms with Crippen molar-refractivity contribution >= 4 is 33.3 Å². The Hall–Kier alpha value is -0.190. The lowest BCUT2D eigenvalue weighted by Crippen LogP contribution is -1.83. The molecule has 0 amide bonds. The Morgan fingerprint density at radius 2 is 2.50 bits per heavy atom. The van der Waals surface area contributed by atoms with Crippen molar-refractivity contribution in [3.63, 3.8) is 0 Å². The molecule has 0 aliphatic heterocycles. The van der Waals surface area contributed by atoms with Crippen molar-refractivity contribution in [2.75, 3.05) is 0 Å². The van der Waals surface area contributed by atoms with Crippen molar-refractivity contribution in [3.8, 4) is 0 Å². The van der Waals surface area contributed by atoms with E-state index in [2.05, 4.69) is 27.5 Å². The Labute approximate surface area is 71.4 Å². The molecule has 1 N–H and O–H groups in total. The van der Waals surface area contributed by atoms with Gasteiger partial charge in [-0.2, -0.15) is 0 Å².